The average molecular weight is 221 g/mol. The first-order valence-corrected chi connectivity index (χ1v) is 3.45. The van der Waals surface area contributed by atoms with E-state index in [1.807, 2.05) is 0 Å². The molecule has 0 radical (unpaired) electrons. The Labute approximate surface area is 80.9 Å². The Kier molecular flexibility index (Phi) is 2.65. The molecule has 0 saturated carbocycles. The van der Waals surface area contributed by atoms with Crippen LogP contribution in [-0.4, -0.2) is 11.3 Å². The zero-order chi connectivity index (χ0) is 11.6. The van der Waals surface area contributed by atoms with E-state index in [4.69, 9.17) is 11.0 Å². The molecule has 0 unspecified atom stereocenters. The topological polar surface area (TPSA) is 71.9 Å². The number of nitrogens with two attached hydrogens (primary N) is 1. The van der Waals surface area contributed by atoms with Crippen LogP contribution in [0.1, 0.15) is 5.56 Å². The maximum atomic E-state index is 12.9. The van der Waals surface area contributed by atoms with Gasteiger partial charge in [-0.05, 0) is 0 Å². The van der Waals surface area contributed by atoms with Crippen LogP contribution < -0.4 is 10.5 Å². The molecule has 2 N–H and O–H groups in total. The molecule has 0 aliphatic heterocycles. The van der Waals surface area contributed by atoms with Gasteiger partial charge in [0.05, 0.1) is 5.56 Å². The minimum Gasteiger partial charge on any atom is -0.385 e. The fourth-order valence-corrected chi connectivity index (χ4v) is 0.756. The first kappa shape index (κ1) is 11.0. The van der Waals surface area contributed by atoms with Gasteiger partial charge in [0.2, 0.25) is 0 Å². The number of rotatable bonds is 1. The van der Waals surface area contributed by atoms with Gasteiger partial charge in [0.15, 0.2) is 5.82 Å². The Morgan fingerprint density at radius 2 is 2.07 bits per heavy atom. The lowest BCUT2D eigenvalue weighted by Gasteiger charge is -2.09. The maximum Gasteiger partial charge on any atom is 0.574 e. The number of nitriles is 1. The van der Waals surface area contributed by atoms with Gasteiger partial charge in [0, 0.05) is 6.07 Å². The number of ether oxygens (including phenoxy) is 1. The SMILES string of the molecule is N#Cc1cc(F)c(OC(F)(F)F)nc1N. The smallest absolute Gasteiger partial charge is 0.385 e. The molecule has 80 valence electrons. The Hall–Kier alpha value is -2.04. The number of nitrogen functional groups attached to an aromatic ring is 1. The van der Waals surface area contributed by atoms with E-state index in [9.17, 15) is 17.6 Å². The van der Waals surface area contributed by atoms with Gasteiger partial charge in [-0.25, -0.2) is 4.39 Å². The second kappa shape index (κ2) is 3.61. The highest BCUT2D eigenvalue weighted by molar-refractivity contribution is 5.50. The van der Waals surface area contributed by atoms with Crippen molar-refractivity contribution in [1.82, 2.24) is 4.98 Å². The molecule has 0 spiro atoms. The summed E-state index contributed by atoms with van der Waals surface area (Å²) in [5.74, 6) is -3.24. The lowest BCUT2D eigenvalue weighted by molar-refractivity contribution is -0.277. The molecule has 8 heteroatoms. The summed E-state index contributed by atoms with van der Waals surface area (Å²) in [7, 11) is 0. The van der Waals surface area contributed by atoms with Gasteiger partial charge in [-0.15, -0.1) is 13.2 Å². The van der Waals surface area contributed by atoms with Crippen molar-refractivity contribution in [1.29, 1.82) is 5.26 Å². The molecule has 1 aromatic rings. The van der Waals surface area contributed by atoms with Crippen LogP contribution in [-0.2, 0) is 0 Å². The zero-order valence-corrected chi connectivity index (χ0v) is 6.97. The van der Waals surface area contributed by atoms with Crippen LogP contribution in [0.25, 0.3) is 0 Å². The molecule has 1 rings (SSSR count). The molecular weight excluding hydrogens is 218 g/mol. The van der Waals surface area contributed by atoms with Crippen molar-refractivity contribution in [3.63, 3.8) is 0 Å². The summed E-state index contributed by atoms with van der Waals surface area (Å²) in [6, 6.07) is 1.98. The van der Waals surface area contributed by atoms with E-state index in [-0.39, 0.29) is 5.56 Å². The van der Waals surface area contributed by atoms with Crippen molar-refractivity contribution in [3.05, 3.63) is 17.4 Å². The zero-order valence-electron chi connectivity index (χ0n) is 6.97. The van der Waals surface area contributed by atoms with Crippen LogP contribution in [0, 0.1) is 17.1 Å². The number of alkyl halides is 3. The molecule has 4 nitrogen and oxygen atoms in total. The van der Waals surface area contributed by atoms with Crippen LogP contribution in [0.5, 0.6) is 5.88 Å². The number of nitrogens with zero attached hydrogens (tertiary/aromatic N) is 2. The average Bonchev–Trinajstić information content (AvgIpc) is 2.08. The van der Waals surface area contributed by atoms with Gasteiger partial charge in [0.1, 0.15) is 11.9 Å². The normalized spacial score (nSPS) is 10.9. The third-order valence-corrected chi connectivity index (χ3v) is 1.31. The lowest BCUT2D eigenvalue weighted by Crippen LogP contribution is -2.19. The number of pyridine rings is 1. The molecule has 15 heavy (non-hydrogen) atoms. The molecule has 1 heterocycles. The maximum absolute atomic E-state index is 12.9. The fourth-order valence-electron chi connectivity index (χ4n) is 0.756. The Bertz CT molecular complexity index is 423. The van der Waals surface area contributed by atoms with Crippen LogP contribution in [0.15, 0.2) is 6.07 Å². The van der Waals surface area contributed by atoms with Crippen molar-refractivity contribution in [2.45, 2.75) is 6.36 Å². The van der Waals surface area contributed by atoms with E-state index >= 15 is 0 Å². The summed E-state index contributed by atoms with van der Waals surface area (Å²) in [5.41, 5.74) is 4.71. The molecule has 0 atom stereocenters. The highest BCUT2D eigenvalue weighted by Gasteiger charge is 2.33. The van der Waals surface area contributed by atoms with Crippen molar-refractivity contribution in [3.8, 4) is 11.9 Å². The standard InChI is InChI=1S/C7H3F4N3O/c8-4-1-3(2-12)5(13)14-6(4)15-7(9,10)11/h1H,(H2,13,14). The summed E-state index contributed by atoms with van der Waals surface area (Å²) in [6.45, 7) is 0. The van der Waals surface area contributed by atoms with Gasteiger partial charge >= 0.3 is 6.36 Å². The summed E-state index contributed by atoms with van der Waals surface area (Å²) in [5, 5.41) is 8.37. The van der Waals surface area contributed by atoms with E-state index < -0.39 is 23.9 Å². The Morgan fingerprint density at radius 1 is 1.47 bits per heavy atom. The van der Waals surface area contributed by atoms with E-state index in [2.05, 4.69) is 9.72 Å². The van der Waals surface area contributed by atoms with Crippen LogP contribution in [0.4, 0.5) is 23.4 Å². The van der Waals surface area contributed by atoms with E-state index in [1.165, 1.54) is 6.07 Å². The molecule has 0 aliphatic rings. The van der Waals surface area contributed by atoms with Crippen molar-refractivity contribution >= 4 is 5.82 Å². The summed E-state index contributed by atoms with van der Waals surface area (Å²) < 4.78 is 51.2. The molecule has 0 fully saturated rings. The number of hydrogen-bond acceptors (Lipinski definition) is 4. The predicted octanol–water partition coefficient (Wildman–Crippen LogP) is 1.57. The molecule has 0 aliphatic carbocycles. The highest BCUT2D eigenvalue weighted by atomic mass is 19.4. The molecule has 1 aromatic heterocycles. The van der Waals surface area contributed by atoms with Crippen molar-refractivity contribution in [2.24, 2.45) is 0 Å². The molecule has 0 bridgehead atoms. The number of anilines is 1. The molecule has 0 aromatic carbocycles. The lowest BCUT2D eigenvalue weighted by atomic mass is 10.3. The summed E-state index contributed by atoms with van der Waals surface area (Å²) in [4.78, 5) is 2.97. The second-order valence-electron chi connectivity index (χ2n) is 2.37. The Balaban J connectivity index is 3.13. The minimum atomic E-state index is -5.06. The monoisotopic (exact) mass is 221 g/mol. The van der Waals surface area contributed by atoms with E-state index in [1.54, 1.807) is 0 Å². The largest absolute Gasteiger partial charge is 0.574 e. The van der Waals surface area contributed by atoms with Crippen molar-refractivity contribution in [2.75, 3.05) is 5.73 Å². The fraction of sp³-hybridized carbons (Fsp3) is 0.143. The van der Waals surface area contributed by atoms with Gasteiger partial charge in [-0.3, -0.25) is 0 Å². The predicted molar refractivity (Wildman–Crippen MR) is 40.0 cm³/mol. The van der Waals surface area contributed by atoms with Crippen LogP contribution >= 0.6 is 0 Å². The number of aromatic nitrogens is 1. The van der Waals surface area contributed by atoms with Gasteiger partial charge in [0.25, 0.3) is 5.88 Å². The summed E-state index contributed by atoms with van der Waals surface area (Å²) >= 11 is 0. The third-order valence-electron chi connectivity index (χ3n) is 1.31. The first-order valence-electron chi connectivity index (χ1n) is 3.45. The van der Waals surface area contributed by atoms with Crippen LogP contribution in [0.2, 0.25) is 0 Å². The highest BCUT2D eigenvalue weighted by Crippen LogP contribution is 2.25. The molecule has 0 saturated heterocycles. The summed E-state index contributed by atoms with van der Waals surface area (Å²) in [6.07, 6.45) is -5.06. The second-order valence-corrected chi connectivity index (χ2v) is 2.37. The van der Waals surface area contributed by atoms with Gasteiger partial charge in [-0.2, -0.15) is 10.2 Å². The van der Waals surface area contributed by atoms with Crippen LogP contribution in [0.3, 0.4) is 0 Å². The van der Waals surface area contributed by atoms with Gasteiger partial charge < -0.3 is 10.5 Å². The van der Waals surface area contributed by atoms with Gasteiger partial charge in [-0.1, -0.05) is 0 Å². The third kappa shape index (κ3) is 2.70. The quantitative estimate of drug-likeness (QED) is 0.730. The molecule has 0 amide bonds. The number of halogens is 4. The first-order chi connectivity index (χ1) is 6.83. The number of hydrogen-bond donors (Lipinski definition) is 1. The van der Waals surface area contributed by atoms with E-state index in [0.717, 1.165) is 0 Å². The Morgan fingerprint density at radius 3 is 2.53 bits per heavy atom. The van der Waals surface area contributed by atoms with E-state index in [0.29, 0.717) is 6.07 Å². The minimum absolute atomic E-state index is 0.359. The van der Waals surface area contributed by atoms with Crippen molar-refractivity contribution < 1.29 is 22.3 Å². The molecular formula is C7H3F4N3O.